The van der Waals surface area contributed by atoms with Crippen LogP contribution < -0.4 is 5.32 Å². The number of thiol groups is 1. The topological polar surface area (TPSA) is 29.1 Å². The molecular weight excluding hydrogens is 381 g/mol. The van der Waals surface area contributed by atoms with Crippen molar-refractivity contribution in [3.05, 3.63) is 56.6 Å². The molecule has 1 amide bonds. The number of hydrogen-bond donors (Lipinski definition) is 2. The van der Waals surface area contributed by atoms with E-state index in [0.717, 1.165) is 14.2 Å². The van der Waals surface area contributed by atoms with Crippen molar-refractivity contribution >= 4 is 58.4 Å². The molecule has 0 saturated carbocycles. The minimum Gasteiger partial charge on any atom is -0.321 e. The van der Waals surface area contributed by atoms with E-state index in [0.29, 0.717) is 10.6 Å². The van der Waals surface area contributed by atoms with Gasteiger partial charge in [-0.05, 0) is 59.0 Å². The van der Waals surface area contributed by atoms with E-state index in [9.17, 15) is 4.79 Å². The van der Waals surface area contributed by atoms with E-state index >= 15 is 0 Å². The molecule has 0 heterocycles. The molecule has 0 aliphatic heterocycles. The van der Waals surface area contributed by atoms with Gasteiger partial charge >= 0.3 is 0 Å². The molecule has 0 aliphatic rings. The smallest absolute Gasteiger partial charge is 0.255 e. The molecule has 5 heteroatoms. The normalized spacial score (nSPS) is 10.2. The van der Waals surface area contributed by atoms with Gasteiger partial charge in [0.25, 0.3) is 5.91 Å². The summed E-state index contributed by atoms with van der Waals surface area (Å²) in [4.78, 5) is 12.8. The van der Waals surface area contributed by atoms with Crippen molar-refractivity contribution < 1.29 is 4.79 Å². The van der Waals surface area contributed by atoms with Crippen molar-refractivity contribution in [3.8, 4) is 0 Å². The van der Waals surface area contributed by atoms with Gasteiger partial charge in [-0.15, -0.1) is 12.6 Å². The molecule has 92 valence electrons. The average molecular weight is 390 g/mol. The van der Waals surface area contributed by atoms with Gasteiger partial charge in [0.2, 0.25) is 0 Å². The summed E-state index contributed by atoms with van der Waals surface area (Å²) in [7, 11) is 0. The summed E-state index contributed by atoms with van der Waals surface area (Å²) in [5, 5.41) is 3.49. The lowest BCUT2D eigenvalue weighted by Crippen LogP contribution is -2.12. The molecule has 2 aromatic carbocycles. The van der Waals surface area contributed by atoms with Crippen LogP contribution in [0.4, 0.5) is 5.69 Å². The van der Waals surface area contributed by atoms with Gasteiger partial charge in [-0.3, -0.25) is 4.79 Å². The first kappa shape index (κ1) is 13.7. The summed E-state index contributed by atoms with van der Waals surface area (Å²) in [6.45, 7) is 0. The van der Waals surface area contributed by atoms with Crippen LogP contribution in [0.5, 0.6) is 0 Å². The summed E-state index contributed by atoms with van der Waals surface area (Å²) in [5.74, 6) is -0.161. The minimum absolute atomic E-state index is 0.161. The quantitative estimate of drug-likeness (QED) is 0.575. The molecule has 0 aromatic heterocycles. The number of nitrogens with one attached hydrogen (secondary N) is 1. The van der Waals surface area contributed by atoms with Crippen LogP contribution in [0.25, 0.3) is 0 Å². The minimum atomic E-state index is -0.161. The lowest BCUT2D eigenvalue weighted by Gasteiger charge is -2.08. The molecule has 1 N–H and O–H groups in total. The highest BCUT2D eigenvalue weighted by molar-refractivity contribution is 14.1. The SMILES string of the molecule is O=C(Nc1ccc(Cl)cc1I)c1cccc(S)c1. The summed E-state index contributed by atoms with van der Waals surface area (Å²) in [5.41, 5.74) is 1.32. The first-order valence-electron chi connectivity index (χ1n) is 5.12. The van der Waals surface area contributed by atoms with E-state index in [-0.39, 0.29) is 5.91 Å². The fraction of sp³-hybridized carbons (Fsp3) is 0. The van der Waals surface area contributed by atoms with E-state index in [1.807, 2.05) is 6.07 Å². The summed E-state index contributed by atoms with van der Waals surface area (Å²) in [6.07, 6.45) is 0. The van der Waals surface area contributed by atoms with Gasteiger partial charge < -0.3 is 5.32 Å². The third-order valence-corrected chi connectivity index (χ3v) is 3.69. The predicted octanol–water partition coefficient (Wildman–Crippen LogP) is 4.49. The van der Waals surface area contributed by atoms with Crippen LogP contribution in [0.15, 0.2) is 47.4 Å². The molecule has 0 fully saturated rings. The number of hydrogen-bond acceptors (Lipinski definition) is 2. The molecule has 2 nitrogen and oxygen atoms in total. The largest absolute Gasteiger partial charge is 0.321 e. The molecule has 0 spiro atoms. The summed E-state index contributed by atoms with van der Waals surface area (Å²) >= 11 is 12.2. The molecule has 0 bridgehead atoms. The predicted molar refractivity (Wildman–Crippen MR) is 85.8 cm³/mol. The number of anilines is 1. The maximum atomic E-state index is 12.0. The number of carbonyl (C=O) groups excluding carboxylic acids is 1. The Labute approximate surface area is 129 Å². The van der Waals surface area contributed by atoms with E-state index in [2.05, 4.69) is 40.5 Å². The van der Waals surface area contributed by atoms with Crippen molar-refractivity contribution in [3.63, 3.8) is 0 Å². The molecule has 0 unspecified atom stereocenters. The van der Waals surface area contributed by atoms with Crippen molar-refractivity contribution in [2.45, 2.75) is 4.90 Å². The molecule has 0 radical (unpaired) electrons. The van der Waals surface area contributed by atoms with Crippen LogP contribution in [-0.2, 0) is 0 Å². The molecule has 0 atom stereocenters. The Kier molecular flexibility index (Phi) is 4.53. The van der Waals surface area contributed by atoms with Crippen molar-refractivity contribution in [1.82, 2.24) is 0 Å². The highest BCUT2D eigenvalue weighted by Crippen LogP contribution is 2.23. The molecule has 2 aromatic rings. The first-order valence-corrected chi connectivity index (χ1v) is 7.02. The van der Waals surface area contributed by atoms with E-state index in [1.54, 1.807) is 36.4 Å². The second kappa shape index (κ2) is 5.95. The van der Waals surface area contributed by atoms with Crippen molar-refractivity contribution in [1.29, 1.82) is 0 Å². The summed E-state index contributed by atoms with van der Waals surface area (Å²) < 4.78 is 0.899. The first-order chi connectivity index (χ1) is 8.56. The Hall–Kier alpha value is -0.720. The Morgan fingerprint density at radius 2 is 2.00 bits per heavy atom. The maximum Gasteiger partial charge on any atom is 0.255 e. The highest BCUT2D eigenvalue weighted by atomic mass is 127. The Bertz CT molecular complexity index is 603. The Morgan fingerprint density at radius 3 is 2.67 bits per heavy atom. The molecular formula is C13H9ClINOS. The average Bonchev–Trinajstić information content (AvgIpc) is 2.32. The van der Waals surface area contributed by atoms with Crippen LogP contribution in [-0.4, -0.2) is 5.91 Å². The third-order valence-electron chi connectivity index (χ3n) is 2.29. The maximum absolute atomic E-state index is 12.0. The van der Waals surface area contributed by atoms with Gasteiger partial charge in [0, 0.05) is 19.1 Å². The number of benzene rings is 2. The molecule has 18 heavy (non-hydrogen) atoms. The second-order valence-corrected chi connectivity index (χ2v) is 5.74. The summed E-state index contributed by atoms with van der Waals surface area (Å²) in [6, 6.07) is 12.4. The lowest BCUT2D eigenvalue weighted by atomic mass is 10.2. The van der Waals surface area contributed by atoms with Crippen LogP contribution in [0.3, 0.4) is 0 Å². The zero-order chi connectivity index (χ0) is 13.1. The van der Waals surface area contributed by atoms with Crippen molar-refractivity contribution in [2.24, 2.45) is 0 Å². The fourth-order valence-corrected chi connectivity index (χ4v) is 2.66. The fourth-order valence-electron chi connectivity index (χ4n) is 1.43. The lowest BCUT2D eigenvalue weighted by molar-refractivity contribution is 0.102. The van der Waals surface area contributed by atoms with Crippen LogP contribution >= 0.6 is 46.8 Å². The van der Waals surface area contributed by atoms with Crippen LogP contribution in [0.1, 0.15) is 10.4 Å². The standard InChI is InChI=1S/C13H9ClINOS/c14-9-4-5-12(11(15)7-9)16-13(17)8-2-1-3-10(18)6-8/h1-7,18H,(H,16,17). The van der Waals surface area contributed by atoms with Crippen LogP contribution in [0, 0.1) is 3.57 Å². The van der Waals surface area contributed by atoms with Gasteiger partial charge in [0.15, 0.2) is 0 Å². The highest BCUT2D eigenvalue weighted by Gasteiger charge is 2.08. The van der Waals surface area contributed by atoms with Crippen LogP contribution in [0.2, 0.25) is 5.02 Å². The zero-order valence-corrected chi connectivity index (χ0v) is 13.0. The third kappa shape index (κ3) is 3.40. The van der Waals surface area contributed by atoms with Gasteiger partial charge in [0.1, 0.15) is 0 Å². The number of rotatable bonds is 2. The van der Waals surface area contributed by atoms with Gasteiger partial charge in [0.05, 0.1) is 5.69 Å². The molecule has 0 aliphatic carbocycles. The Balaban J connectivity index is 2.21. The van der Waals surface area contributed by atoms with Crippen molar-refractivity contribution in [2.75, 3.05) is 5.32 Å². The Morgan fingerprint density at radius 1 is 1.22 bits per heavy atom. The van der Waals surface area contributed by atoms with E-state index < -0.39 is 0 Å². The van der Waals surface area contributed by atoms with Gasteiger partial charge in [-0.25, -0.2) is 0 Å². The van der Waals surface area contributed by atoms with Gasteiger partial charge in [-0.2, -0.15) is 0 Å². The second-order valence-electron chi connectivity index (χ2n) is 3.63. The molecule has 0 saturated heterocycles. The number of carbonyl (C=O) groups is 1. The van der Waals surface area contributed by atoms with E-state index in [4.69, 9.17) is 11.6 Å². The number of amides is 1. The van der Waals surface area contributed by atoms with E-state index in [1.165, 1.54) is 0 Å². The molecule has 2 rings (SSSR count). The van der Waals surface area contributed by atoms with Gasteiger partial charge in [-0.1, -0.05) is 17.7 Å². The number of halogens is 2. The zero-order valence-electron chi connectivity index (χ0n) is 9.15. The monoisotopic (exact) mass is 389 g/mol.